The van der Waals surface area contributed by atoms with Crippen LogP contribution in [0.15, 0.2) is 41.8 Å². The minimum Gasteiger partial charge on any atom is -0.395 e. The highest BCUT2D eigenvalue weighted by atomic mass is 32.2. The molecule has 1 unspecified atom stereocenters. The second kappa shape index (κ2) is 9.49. The molecule has 0 amide bonds. The first-order valence-electron chi connectivity index (χ1n) is 11.1. The van der Waals surface area contributed by atoms with E-state index in [0.717, 1.165) is 18.2 Å². The fraction of sp³-hybridized carbons (Fsp3) is 0.500. The van der Waals surface area contributed by atoms with Crippen molar-refractivity contribution in [2.24, 2.45) is 5.92 Å². The molecule has 1 saturated heterocycles. The molecule has 1 aromatic carbocycles. The van der Waals surface area contributed by atoms with E-state index in [-0.39, 0.29) is 17.4 Å². The third kappa shape index (κ3) is 4.61. The Labute approximate surface area is 195 Å². The summed E-state index contributed by atoms with van der Waals surface area (Å²) in [5, 5.41) is 8.44. The normalized spacial score (nSPS) is 16.8. The first-order valence-corrected chi connectivity index (χ1v) is 12.6. The van der Waals surface area contributed by atoms with Gasteiger partial charge in [-0.2, -0.15) is 13.2 Å². The third-order valence-corrected chi connectivity index (χ3v) is 8.80. The minimum absolute atomic E-state index is 0.0467. The smallest absolute Gasteiger partial charge is 0.395 e. The fourth-order valence-corrected chi connectivity index (χ4v) is 6.81. The van der Waals surface area contributed by atoms with Crippen molar-refractivity contribution in [1.82, 2.24) is 19.5 Å². The van der Waals surface area contributed by atoms with Crippen molar-refractivity contribution in [1.29, 1.82) is 0 Å². The molecule has 1 aliphatic rings. The van der Waals surface area contributed by atoms with Crippen LogP contribution in [-0.4, -0.2) is 58.0 Å². The van der Waals surface area contributed by atoms with Crippen molar-refractivity contribution in [3.63, 3.8) is 0 Å². The summed E-state index contributed by atoms with van der Waals surface area (Å²) in [5.74, 6) is 0.457. The zero-order valence-corrected chi connectivity index (χ0v) is 19.4. The van der Waals surface area contributed by atoms with Crippen molar-refractivity contribution >= 4 is 26.8 Å². The van der Waals surface area contributed by atoms with Crippen LogP contribution in [0.2, 0.25) is 0 Å². The Balaban J connectivity index is 1.53. The molecular formula is C22H26F3N5O3S. The molecule has 34 heavy (non-hydrogen) atoms. The summed E-state index contributed by atoms with van der Waals surface area (Å²) >= 11 is 0. The van der Waals surface area contributed by atoms with Crippen LogP contribution in [0.5, 0.6) is 0 Å². The number of nitrogens with zero attached hydrogens (tertiary/aromatic N) is 5. The van der Waals surface area contributed by atoms with Crippen molar-refractivity contribution in [3.05, 3.63) is 42.5 Å². The maximum atomic E-state index is 13.3. The monoisotopic (exact) mass is 497 g/mol. The molecule has 2 aromatic heterocycles. The number of imidazole rings is 1. The van der Waals surface area contributed by atoms with Crippen LogP contribution >= 0.6 is 0 Å². The number of aromatic nitrogens is 4. The summed E-state index contributed by atoms with van der Waals surface area (Å²) in [6.07, 6.45) is -0.149. The number of aliphatic hydroxyl groups is 1. The van der Waals surface area contributed by atoms with Gasteiger partial charge in [-0.15, -0.1) is 0 Å². The van der Waals surface area contributed by atoms with Crippen molar-refractivity contribution < 1.29 is 26.7 Å². The summed E-state index contributed by atoms with van der Waals surface area (Å²) in [5.41, 5.74) is 0.254. The van der Waals surface area contributed by atoms with E-state index in [2.05, 4.69) is 15.0 Å². The van der Waals surface area contributed by atoms with E-state index in [1.807, 2.05) is 4.90 Å². The van der Waals surface area contributed by atoms with Gasteiger partial charge in [-0.05, 0) is 43.4 Å². The number of hydrogen-bond donors (Lipinski definition) is 1. The van der Waals surface area contributed by atoms with Crippen LogP contribution in [0.25, 0.3) is 11.2 Å². The van der Waals surface area contributed by atoms with Gasteiger partial charge in [0.15, 0.2) is 26.8 Å². The van der Waals surface area contributed by atoms with E-state index in [1.165, 1.54) is 12.4 Å². The predicted molar refractivity (Wildman–Crippen MR) is 120 cm³/mol. The quantitative estimate of drug-likeness (QED) is 0.534. The molecular weight excluding hydrogens is 471 g/mol. The summed E-state index contributed by atoms with van der Waals surface area (Å²) in [6, 6.07) is 3.99. The van der Waals surface area contributed by atoms with E-state index < -0.39 is 26.8 Å². The van der Waals surface area contributed by atoms with Gasteiger partial charge >= 0.3 is 6.18 Å². The van der Waals surface area contributed by atoms with Crippen LogP contribution in [0.1, 0.15) is 31.7 Å². The standard InChI is InChI=1S/C22H26F3N5O3S/c1-2-18(34(32,33)17-5-3-4-16(12-17)22(23,24)25)15-6-8-29(9-7-15)20-19-21(27-13-26-20)30(10-11-31)14-28-19/h3-5,12-15,18,31H,2,6-11H2,1H3. The van der Waals surface area contributed by atoms with Gasteiger partial charge in [0.2, 0.25) is 0 Å². The zero-order valence-electron chi connectivity index (χ0n) is 18.6. The Kier molecular flexibility index (Phi) is 6.81. The van der Waals surface area contributed by atoms with Crippen LogP contribution in [0.3, 0.4) is 0 Å². The Morgan fingerprint density at radius 1 is 1.18 bits per heavy atom. The van der Waals surface area contributed by atoms with E-state index >= 15 is 0 Å². The Bertz CT molecular complexity index is 1250. The van der Waals surface area contributed by atoms with Gasteiger partial charge in [-0.1, -0.05) is 13.0 Å². The van der Waals surface area contributed by atoms with Gasteiger partial charge in [-0.3, -0.25) is 0 Å². The molecule has 0 radical (unpaired) electrons. The lowest BCUT2D eigenvalue weighted by Gasteiger charge is -2.36. The van der Waals surface area contributed by atoms with Gasteiger partial charge in [-0.25, -0.2) is 23.4 Å². The Hall–Kier alpha value is -2.73. The highest BCUT2D eigenvalue weighted by Gasteiger charge is 2.38. The average Bonchev–Trinajstić information content (AvgIpc) is 3.23. The van der Waals surface area contributed by atoms with Crippen molar-refractivity contribution in [3.8, 4) is 0 Å². The lowest BCUT2D eigenvalue weighted by molar-refractivity contribution is -0.137. The van der Waals surface area contributed by atoms with Gasteiger partial charge in [0.05, 0.1) is 28.6 Å². The molecule has 1 atom stereocenters. The Morgan fingerprint density at radius 2 is 1.91 bits per heavy atom. The summed E-state index contributed by atoms with van der Waals surface area (Å²) < 4.78 is 67.7. The lowest BCUT2D eigenvalue weighted by Crippen LogP contribution is -2.40. The molecule has 8 nitrogen and oxygen atoms in total. The number of piperidine rings is 1. The number of halogens is 3. The highest BCUT2D eigenvalue weighted by molar-refractivity contribution is 7.92. The number of aliphatic hydroxyl groups excluding tert-OH is 1. The number of sulfone groups is 1. The highest BCUT2D eigenvalue weighted by Crippen LogP contribution is 2.36. The molecule has 3 heterocycles. The number of rotatable bonds is 7. The van der Waals surface area contributed by atoms with Gasteiger partial charge in [0, 0.05) is 19.6 Å². The average molecular weight is 498 g/mol. The minimum atomic E-state index is -4.61. The number of hydrogen-bond acceptors (Lipinski definition) is 7. The molecule has 12 heteroatoms. The van der Waals surface area contributed by atoms with Gasteiger partial charge in [0.25, 0.3) is 0 Å². The maximum absolute atomic E-state index is 13.3. The van der Waals surface area contributed by atoms with Crippen molar-refractivity contribution in [2.45, 2.75) is 49.1 Å². The van der Waals surface area contributed by atoms with E-state index in [4.69, 9.17) is 0 Å². The third-order valence-electron chi connectivity index (χ3n) is 6.38. The molecule has 0 saturated carbocycles. The molecule has 3 aromatic rings. The number of anilines is 1. The predicted octanol–water partition coefficient (Wildman–Crippen LogP) is 3.31. The summed E-state index contributed by atoms with van der Waals surface area (Å²) in [4.78, 5) is 14.8. The summed E-state index contributed by atoms with van der Waals surface area (Å²) in [6.45, 7) is 3.15. The molecule has 1 aliphatic heterocycles. The van der Waals surface area contributed by atoms with Crippen LogP contribution in [-0.2, 0) is 22.6 Å². The first-order chi connectivity index (χ1) is 16.2. The number of fused-ring (bicyclic) bond motifs is 1. The molecule has 1 fully saturated rings. The van der Waals surface area contributed by atoms with Crippen LogP contribution < -0.4 is 4.90 Å². The zero-order chi connectivity index (χ0) is 24.5. The van der Waals surface area contributed by atoms with E-state index in [9.17, 15) is 26.7 Å². The SMILES string of the molecule is CCC(C1CCN(c2ncnc3c2ncn3CCO)CC1)S(=O)(=O)c1cccc(C(F)(F)F)c1. The number of alkyl halides is 3. The van der Waals surface area contributed by atoms with Gasteiger partial charge in [0.1, 0.15) is 6.33 Å². The topological polar surface area (TPSA) is 101 Å². The molecule has 4 rings (SSSR count). The molecule has 0 bridgehead atoms. The molecule has 1 N–H and O–H groups in total. The van der Waals surface area contributed by atoms with E-state index in [0.29, 0.717) is 55.9 Å². The second-order valence-corrected chi connectivity index (χ2v) is 10.5. The number of benzene rings is 1. The van der Waals surface area contributed by atoms with Gasteiger partial charge < -0.3 is 14.6 Å². The lowest BCUT2D eigenvalue weighted by atomic mass is 9.92. The molecule has 0 spiro atoms. The van der Waals surface area contributed by atoms with E-state index in [1.54, 1.807) is 17.8 Å². The Morgan fingerprint density at radius 3 is 2.56 bits per heavy atom. The molecule has 0 aliphatic carbocycles. The summed E-state index contributed by atoms with van der Waals surface area (Å²) in [7, 11) is -3.94. The molecule has 184 valence electrons. The van der Waals surface area contributed by atoms with Crippen molar-refractivity contribution in [2.75, 3.05) is 24.6 Å². The largest absolute Gasteiger partial charge is 0.416 e. The maximum Gasteiger partial charge on any atom is 0.416 e. The van der Waals surface area contributed by atoms with Crippen LogP contribution in [0.4, 0.5) is 19.0 Å². The fourth-order valence-electron chi connectivity index (χ4n) is 4.68. The van der Waals surface area contributed by atoms with Crippen LogP contribution in [0, 0.1) is 5.92 Å². The first kappa shape index (κ1) is 24.4. The second-order valence-electron chi connectivity index (χ2n) is 8.37.